The Balaban J connectivity index is 1.20. The van der Waals surface area contributed by atoms with Crippen LogP contribution in [0.1, 0.15) is 29.4 Å². The molecule has 1 aliphatic heterocycles. The number of hydrogen-bond donors (Lipinski definition) is 2. The lowest BCUT2D eigenvalue weighted by molar-refractivity contribution is 0.0759. The number of β-amino-alcohol motifs (C(OH)–C–C–N with tert-alkyl or cyclic N) is 1. The number of carbonyl (C=O) groups is 2. The van der Waals surface area contributed by atoms with Gasteiger partial charge in [-0.15, -0.1) is 11.3 Å². The summed E-state index contributed by atoms with van der Waals surface area (Å²) in [6.07, 6.45) is 1.51. The quantitative estimate of drug-likeness (QED) is 0.241. The van der Waals surface area contributed by atoms with Gasteiger partial charge in [0.25, 0.3) is 5.91 Å². The third-order valence-electron chi connectivity index (χ3n) is 7.47. The number of aliphatic hydroxyl groups excluding tert-OH is 1. The van der Waals surface area contributed by atoms with Gasteiger partial charge in [-0.3, -0.25) is 9.69 Å². The molecule has 1 fully saturated rings. The molecule has 4 heterocycles. The van der Waals surface area contributed by atoms with Crippen molar-refractivity contribution in [3.05, 3.63) is 65.9 Å². The topological polar surface area (TPSA) is 151 Å². The molecule has 0 aliphatic carbocycles. The van der Waals surface area contributed by atoms with Gasteiger partial charge in [-0.1, -0.05) is 0 Å². The molecule has 0 spiro atoms. The average molecular weight is 633 g/mol. The molecule has 2 amide bonds. The van der Waals surface area contributed by atoms with E-state index in [1.165, 1.54) is 53.9 Å². The molecule has 3 aromatic heterocycles. The number of aryl methyl sites for hydroxylation is 1. The number of aromatic nitrogens is 4. The van der Waals surface area contributed by atoms with Crippen molar-refractivity contribution in [3.63, 3.8) is 0 Å². The molecule has 0 unspecified atom stereocenters. The number of likely N-dealkylation sites (tertiary alicyclic amines) is 1. The Bertz CT molecular complexity index is 1920. The van der Waals surface area contributed by atoms with Crippen LogP contribution in [0, 0.1) is 12.7 Å². The third-order valence-corrected chi connectivity index (χ3v) is 8.52. The average Bonchev–Trinajstić information content (AvgIpc) is 3.64. The number of thiazole rings is 1. The van der Waals surface area contributed by atoms with E-state index in [9.17, 15) is 19.8 Å². The summed E-state index contributed by atoms with van der Waals surface area (Å²) in [6.45, 7) is 4.06. The highest BCUT2D eigenvalue weighted by molar-refractivity contribution is 7.21. The summed E-state index contributed by atoms with van der Waals surface area (Å²) in [4.78, 5) is 45.2. The first kappa shape index (κ1) is 30.1. The normalized spacial score (nSPS) is 15.4. The lowest BCUT2D eigenvalue weighted by Crippen LogP contribution is -2.41. The summed E-state index contributed by atoms with van der Waals surface area (Å²) in [5.74, 6) is -0.619. The number of halogens is 1. The van der Waals surface area contributed by atoms with Crippen molar-refractivity contribution in [2.24, 2.45) is 0 Å². The Morgan fingerprint density at radius 3 is 2.67 bits per heavy atom. The first-order valence-corrected chi connectivity index (χ1v) is 14.9. The number of nitrogens with zero attached hydrogens (tertiary/aromatic N) is 6. The molecule has 6 rings (SSSR count). The van der Waals surface area contributed by atoms with Crippen molar-refractivity contribution >= 4 is 50.3 Å². The number of pyridine rings is 1. The summed E-state index contributed by atoms with van der Waals surface area (Å²) in [5, 5.41) is 20.3. The predicted molar refractivity (Wildman–Crippen MR) is 166 cm³/mol. The van der Waals surface area contributed by atoms with Gasteiger partial charge in [0.15, 0.2) is 11.6 Å². The molecule has 45 heavy (non-hydrogen) atoms. The molecule has 232 valence electrons. The van der Waals surface area contributed by atoms with Crippen molar-refractivity contribution in [2.45, 2.75) is 32.4 Å². The Morgan fingerprint density at radius 2 is 1.98 bits per heavy atom. The zero-order chi connectivity index (χ0) is 31.8. The monoisotopic (exact) mass is 632 g/mol. The van der Waals surface area contributed by atoms with Gasteiger partial charge in [0.05, 0.1) is 58.6 Å². The number of carbonyl (C=O) groups excluding carboxylic acids is 1. The summed E-state index contributed by atoms with van der Waals surface area (Å²) in [5.41, 5.74) is 3.82. The number of ether oxygens (including phenoxy) is 2. The highest BCUT2D eigenvalue weighted by atomic mass is 32.1. The van der Waals surface area contributed by atoms with Crippen LogP contribution in [0.4, 0.5) is 14.9 Å². The first-order chi connectivity index (χ1) is 21.6. The van der Waals surface area contributed by atoms with E-state index in [1.807, 2.05) is 19.1 Å². The van der Waals surface area contributed by atoms with Crippen LogP contribution in [-0.4, -0.2) is 86.0 Å². The third kappa shape index (κ3) is 6.06. The maximum absolute atomic E-state index is 15.1. The maximum atomic E-state index is 15.1. The van der Waals surface area contributed by atoms with E-state index in [4.69, 9.17) is 9.47 Å². The van der Waals surface area contributed by atoms with Crippen LogP contribution in [0.2, 0.25) is 0 Å². The lowest BCUT2D eigenvalue weighted by atomic mass is 10.1. The fourth-order valence-electron chi connectivity index (χ4n) is 5.25. The Labute approximate surface area is 260 Å². The molecule has 0 bridgehead atoms. The molecule has 2 atom stereocenters. The minimum Gasteiger partial charge on any atom is -0.488 e. The molecule has 0 saturated carbocycles. The van der Waals surface area contributed by atoms with E-state index >= 15 is 4.39 Å². The van der Waals surface area contributed by atoms with Crippen molar-refractivity contribution in [1.29, 1.82) is 0 Å². The number of anilines is 1. The molecule has 5 aromatic rings. The number of fused-ring (bicyclic) bond motifs is 2. The summed E-state index contributed by atoms with van der Waals surface area (Å²) >= 11 is 1.35. The summed E-state index contributed by atoms with van der Waals surface area (Å²) in [7, 11) is 1.52. The summed E-state index contributed by atoms with van der Waals surface area (Å²) < 4.78 is 26.8. The molecule has 1 saturated heterocycles. The molecule has 12 nitrogen and oxygen atoms in total. The van der Waals surface area contributed by atoms with Gasteiger partial charge in [-0.2, -0.15) is 0 Å². The van der Waals surface area contributed by atoms with Crippen LogP contribution in [0.25, 0.3) is 31.8 Å². The number of methoxy groups -OCH3 is 1. The van der Waals surface area contributed by atoms with E-state index in [2.05, 4.69) is 19.9 Å². The molecule has 14 heteroatoms. The van der Waals surface area contributed by atoms with Crippen LogP contribution in [0.3, 0.4) is 0 Å². The second-order valence-electron chi connectivity index (χ2n) is 10.8. The molecule has 1 aliphatic rings. The number of amides is 2. The fraction of sp³-hybridized carbons (Fsp3) is 0.290. The van der Waals surface area contributed by atoms with Gasteiger partial charge in [0, 0.05) is 30.8 Å². The summed E-state index contributed by atoms with van der Waals surface area (Å²) in [6, 6.07) is 8.88. The minimum atomic E-state index is -1.26. The van der Waals surface area contributed by atoms with E-state index in [1.54, 1.807) is 13.0 Å². The predicted octanol–water partition coefficient (Wildman–Crippen LogP) is 4.92. The molecule has 2 aromatic carbocycles. The zero-order valence-electron chi connectivity index (χ0n) is 24.6. The van der Waals surface area contributed by atoms with E-state index in [0.29, 0.717) is 45.1 Å². The zero-order valence-corrected chi connectivity index (χ0v) is 25.4. The number of aliphatic hydroxyl groups is 1. The lowest BCUT2D eigenvalue weighted by Gasteiger charge is -2.26. The van der Waals surface area contributed by atoms with Crippen molar-refractivity contribution in [2.75, 3.05) is 31.7 Å². The maximum Gasteiger partial charge on any atom is 0.412 e. The Hall–Kier alpha value is -4.95. The van der Waals surface area contributed by atoms with Crippen molar-refractivity contribution < 1.29 is 33.7 Å². The number of benzene rings is 2. The van der Waals surface area contributed by atoms with Gasteiger partial charge in [-0.05, 0) is 50.1 Å². The first-order valence-electron chi connectivity index (χ1n) is 14.1. The minimum absolute atomic E-state index is 0.0413. The number of hydrogen-bond acceptors (Lipinski definition) is 10. The Morgan fingerprint density at radius 1 is 1.16 bits per heavy atom. The SMILES string of the molecule is COc1cnc2c(-c3nc4cc(F)c(OC[C@@H](C)N(C(=O)O)c5ccc(C(=O)N6CC[C@@H](O)C6)nc5)cc4s3)cc(C)cc2n1. The van der Waals surface area contributed by atoms with E-state index < -0.39 is 24.1 Å². The highest BCUT2D eigenvalue weighted by Gasteiger charge is 2.28. The van der Waals surface area contributed by atoms with Gasteiger partial charge in [0.2, 0.25) is 5.88 Å². The van der Waals surface area contributed by atoms with Crippen LogP contribution in [0.5, 0.6) is 11.6 Å². The highest BCUT2D eigenvalue weighted by Crippen LogP contribution is 2.37. The van der Waals surface area contributed by atoms with Gasteiger partial charge in [-0.25, -0.2) is 29.1 Å². The molecule has 2 N–H and O–H groups in total. The standard InChI is InChI=1S/C31H29FN6O6S/c1-16-8-20(28-24(9-16)35-27(43-3)13-34-28)29-36-23-10-21(32)25(11-26(23)45-29)44-15-17(2)38(31(41)42)18-4-5-22(33-12-18)30(40)37-7-6-19(39)14-37/h4-5,8-13,17,19,39H,6-7,14-15H2,1-3H3,(H,41,42)/t17-,19-/m1/s1. The molecular formula is C31H29FN6O6S. The van der Waals surface area contributed by atoms with Crippen molar-refractivity contribution in [1.82, 2.24) is 24.8 Å². The van der Waals surface area contributed by atoms with E-state index in [-0.39, 0.29) is 36.2 Å². The Kier molecular flexibility index (Phi) is 8.16. The van der Waals surface area contributed by atoms with Crippen molar-refractivity contribution in [3.8, 4) is 22.2 Å². The van der Waals surface area contributed by atoms with E-state index in [0.717, 1.165) is 16.0 Å². The number of carboxylic acid groups (broad SMARTS) is 1. The largest absolute Gasteiger partial charge is 0.488 e. The van der Waals surface area contributed by atoms with Crippen LogP contribution in [-0.2, 0) is 0 Å². The second-order valence-corrected chi connectivity index (χ2v) is 11.8. The van der Waals surface area contributed by atoms with Crippen LogP contribution >= 0.6 is 11.3 Å². The van der Waals surface area contributed by atoms with Gasteiger partial charge >= 0.3 is 6.09 Å². The second kappa shape index (κ2) is 12.2. The smallest absolute Gasteiger partial charge is 0.412 e. The molecule has 0 radical (unpaired) electrons. The fourth-order valence-corrected chi connectivity index (χ4v) is 6.24. The number of rotatable bonds is 8. The molecular weight excluding hydrogens is 603 g/mol. The van der Waals surface area contributed by atoms with Crippen LogP contribution in [0.15, 0.2) is 48.8 Å². The van der Waals surface area contributed by atoms with Crippen LogP contribution < -0.4 is 14.4 Å². The van der Waals surface area contributed by atoms with Gasteiger partial charge in [0.1, 0.15) is 17.3 Å². The van der Waals surface area contributed by atoms with Gasteiger partial charge < -0.3 is 24.6 Å².